The highest BCUT2D eigenvalue weighted by molar-refractivity contribution is 6.06. The van der Waals surface area contributed by atoms with Crippen molar-refractivity contribution in [3.63, 3.8) is 0 Å². The molecule has 1 aliphatic heterocycles. The van der Waals surface area contributed by atoms with Gasteiger partial charge in [0.1, 0.15) is 12.1 Å². The highest BCUT2D eigenvalue weighted by atomic mass is 19.1. The number of pyridine rings is 1. The Morgan fingerprint density at radius 2 is 1.96 bits per heavy atom. The molecule has 0 bridgehead atoms. The van der Waals surface area contributed by atoms with Crippen molar-refractivity contribution in [2.75, 3.05) is 13.1 Å². The van der Waals surface area contributed by atoms with Gasteiger partial charge in [0, 0.05) is 49.0 Å². The maximum absolute atomic E-state index is 13.8. The number of carbonyl (C=O) groups excluding carboxylic acids is 1. The molecular formula is C21H21F2N3O2. The van der Waals surface area contributed by atoms with Gasteiger partial charge in [-0.05, 0) is 43.5 Å². The van der Waals surface area contributed by atoms with Crippen molar-refractivity contribution < 1.29 is 18.0 Å². The smallest absolute Gasteiger partial charge is 0.255 e. The predicted molar refractivity (Wildman–Crippen MR) is 101 cm³/mol. The van der Waals surface area contributed by atoms with E-state index in [4.69, 9.17) is 4.42 Å². The lowest BCUT2D eigenvalue weighted by Gasteiger charge is -2.36. The number of fused-ring (bicyclic) bond motifs is 1. The van der Waals surface area contributed by atoms with Crippen LogP contribution in [0.3, 0.4) is 0 Å². The van der Waals surface area contributed by atoms with Gasteiger partial charge in [0.2, 0.25) is 0 Å². The van der Waals surface area contributed by atoms with Gasteiger partial charge < -0.3 is 9.73 Å². The highest BCUT2D eigenvalue weighted by Gasteiger charge is 2.26. The van der Waals surface area contributed by atoms with Crippen molar-refractivity contribution in [3.8, 4) is 0 Å². The topological polar surface area (TPSA) is 58.4 Å². The summed E-state index contributed by atoms with van der Waals surface area (Å²) < 4.78 is 32.4. The van der Waals surface area contributed by atoms with E-state index in [0.717, 1.165) is 38.1 Å². The van der Waals surface area contributed by atoms with Gasteiger partial charge >= 0.3 is 0 Å². The second kappa shape index (κ2) is 7.67. The summed E-state index contributed by atoms with van der Waals surface area (Å²) >= 11 is 0. The van der Waals surface area contributed by atoms with Crippen molar-refractivity contribution in [2.45, 2.75) is 31.8 Å². The molecule has 5 nitrogen and oxygen atoms in total. The van der Waals surface area contributed by atoms with E-state index < -0.39 is 11.6 Å². The zero-order chi connectivity index (χ0) is 19.7. The molecule has 2 aromatic heterocycles. The average Bonchev–Trinajstić information content (AvgIpc) is 3.13. The van der Waals surface area contributed by atoms with Crippen LogP contribution in [-0.4, -0.2) is 34.9 Å². The minimum absolute atomic E-state index is 0.0109. The van der Waals surface area contributed by atoms with Crippen LogP contribution >= 0.6 is 0 Å². The number of furan rings is 1. The van der Waals surface area contributed by atoms with E-state index in [2.05, 4.69) is 22.1 Å². The minimum atomic E-state index is -0.813. The quantitative estimate of drug-likeness (QED) is 0.736. The molecule has 1 aliphatic rings. The molecule has 0 aliphatic carbocycles. The lowest BCUT2D eigenvalue weighted by molar-refractivity contribution is 0.0896. The van der Waals surface area contributed by atoms with Crippen molar-refractivity contribution >= 4 is 16.9 Å². The Morgan fingerprint density at radius 1 is 1.25 bits per heavy atom. The first kappa shape index (κ1) is 18.6. The summed E-state index contributed by atoms with van der Waals surface area (Å²) in [6.45, 7) is 3.86. The van der Waals surface area contributed by atoms with Crippen LogP contribution in [-0.2, 0) is 0 Å². The number of nitrogens with zero attached hydrogens (tertiary/aromatic N) is 2. The van der Waals surface area contributed by atoms with Gasteiger partial charge in [-0.2, -0.15) is 0 Å². The largest absolute Gasteiger partial charge is 0.460 e. The number of benzene rings is 1. The molecule has 1 aromatic carbocycles. The number of nitrogens with one attached hydrogen (secondary N) is 1. The minimum Gasteiger partial charge on any atom is -0.460 e. The van der Waals surface area contributed by atoms with Crippen molar-refractivity contribution in [1.29, 1.82) is 0 Å². The Hall–Kier alpha value is -2.80. The van der Waals surface area contributed by atoms with Crippen LogP contribution in [0.2, 0.25) is 0 Å². The fourth-order valence-corrected chi connectivity index (χ4v) is 3.78. The number of amides is 1. The van der Waals surface area contributed by atoms with E-state index in [9.17, 15) is 13.6 Å². The Bertz CT molecular complexity index is 982. The van der Waals surface area contributed by atoms with E-state index in [-0.39, 0.29) is 34.5 Å². The van der Waals surface area contributed by atoms with Gasteiger partial charge in [0.25, 0.3) is 5.91 Å². The average molecular weight is 385 g/mol. The molecule has 0 radical (unpaired) electrons. The number of piperidine rings is 1. The van der Waals surface area contributed by atoms with E-state index >= 15 is 0 Å². The number of halogens is 2. The molecule has 3 aromatic rings. The van der Waals surface area contributed by atoms with Gasteiger partial charge in [0.05, 0.1) is 5.56 Å². The molecule has 7 heteroatoms. The maximum atomic E-state index is 13.8. The maximum Gasteiger partial charge on any atom is 0.255 e. The third-order valence-electron chi connectivity index (χ3n) is 5.44. The molecule has 3 heterocycles. The highest BCUT2D eigenvalue weighted by Crippen LogP contribution is 2.27. The van der Waals surface area contributed by atoms with Crippen LogP contribution in [0.15, 0.2) is 47.3 Å². The number of carbonyl (C=O) groups is 1. The Labute approximate surface area is 161 Å². The third kappa shape index (κ3) is 3.62. The lowest BCUT2D eigenvalue weighted by atomic mass is 10.0. The standard InChI is InChI=1S/C21H21F2N3O2/c1-13(14-2-6-24-7-3-14)26-8-4-16(5-9-26)25-21(27)18-12-28-20-17(18)10-15(22)11-19(20)23/h2-3,6-7,10-13,16H,4-5,8-9H2,1H3,(H,25,27). The Balaban J connectivity index is 1.39. The summed E-state index contributed by atoms with van der Waals surface area (Å²) in [7, 11) is 0. The Morgan fingerprint density at radius 3 is 2.68 bits per heavy atom. The summed E-state index contributed by atoms with van der Waals surface area (Å²) in [5, 5.41) is 3.12. The summed E-state index contributed by atoms with van der Waals surface area (Å²) in [5.74, 6) is -1.92. The Kier molecular flexibility index (Phi) is 5.09. The molecule has 146 valence electrons. The van der Waals surface area contributed by atoms with Crippen molar-refractivity contribution in [1.82, 2.24) is 15.2 Å². The van der Waals surface area contributed by atoms with Crippen molar-refractivity contribution in [2.24, 2.45) is 0 Å². The van der Waals surface area contributed by atoms with Crippen molar-refractivity contribution in [3.05, 3.63) is 65.7 Å². The molecule has 1 amide bonds. The van der Waals surface area contributed by atoms with E-state index in [1.54, 1.807) is 12.4 Å². The fourth-order valence-electron chi connectivity index (χ4n) is 3.78. The van der Waals surface area contributed by atoms with Gasteiger partial charge in [-0.25, -0.2) is 8.78 Å². The molecule has 1 unspecified atom stereocenters. The summed E-state index contributed by atoms with van der Waals surface area (Å²) in [4.78, 5) is 19.0. The zero-order valence-corrected chi connectivity index (χ0v) is 15.5. The molecule has 1 atom stereocenters. The molecule has 28 heavy (non-hydrogen) atoms. The first-order valence-corrected chi connectivity index (χ1v) is 9.34. The lowest BCUT2D eigenvalue weighted by Crippen LogP contribution is -2.45. The van der Waals surface area contributed by atoms with Gasteiger partial charge in [-0.3, -0.25) is 14.7 Å². The molecule has 1 fully saturated rings. The molecule has 1 saturated heterocycles. The number of rotatable bonds is 4. The van der Waals surface area contributed by atoms with Crippen LogP contribution in [0.4, 0.5) is 8.78 Å². The first-order valence-electron chi connectivity index (χ1n) is 9.34. The number of likely N-dealkylation sites (tertiary alicyclic amines) is 1. The molecular weight excluding hydrogens is 364 g/mol. The second-order valence-electron chi connectivity index (χ2n) is 7.15. The normalized spacial score (nSPS) is 17.0. The number of aromatic nitrogens is 1. The molecule has 4 rings (SSSR count). The van der Waals surface area contributed by atoms with E-state index in [1.807, 2.05) is 12.1 Å². The first-order chi connectivity index (χ1) is 13.5. The van der Waals surface area contributed by atoms with Gasteiger partial charge in [-0.1, -0.05) is 0 Å². The monoisotopic (exact) mass is 385 g/mol. The van der Waals surface area contributed by atoms with Crippen LogP contribution in [0.5, 0.6) is 0 Å². The summed E-state index contributed by atoms with van der Waals surface area (Å²) in [5.41, 5.74) is 1.26. The van der Waals surface area contributed by atoms with E-state index in [0.29, 0.717) is 0 Å². The van der Waals surface area contributed by atoms with Crippen LogP contribution in [0.25, 0.3) is 11.0 Å². The van der Waals surface area contributed by atoms with Gasteiger partial charge in [-0.15, -0.1) is 0 Å². The zero-order valence-electron chi connectivity index (χ0n) is 15.5. The summed E-state index contributed by atoms with van der Waals surface area (Å²) in [6.07, 6.45) is 6.38. The molecule has 1 N–H and O–H groups in total. The number of hydrogen-bond donors (Lipinski definition) is 1. The van der Waals surface area contributed by atoms with Crippen LogP contribution in [0, 0.1) is 11.6 Å². The molecule has 0 saturated carbocycles. The SMILES string of the molecule is CC(c1ccncc1)N1CCC(NC(=O)c2coc3c(F)cc(F)cc23)CC1. The summed E-state index contributed by atoms with van der Waals surface area (Å²) in [6, 6.07) is 6.19. The van der Waals surface area contributed by atoms with Crippen LogP contribution < -0.4 is 5.32 Å². The number of hydrogen-bond acceptors (Lipinski definition) is 4. The predicted octanol–water partition coefficient (Wildman–Crippen LogP) is 4.06. The van der Waals surface area contributed by atoms with Gasteiger partial charge in [0.15, 0.2) is 11.4 Å². The third-order valence-corrected chi connectivity index (χ3v) is 5.44. The van der Waals surface area contributed by atoms with E-state index in [1.165, 1.54) is 11.8 Å². The van der Waals surface area contributed by atoms with Crippen LogP contribution in [0.1, 0.15) is 41.7 Å². The second-order valence-corrected chi connectivity index (χ2v) is 7.15. The fraction of sp³-hybridized carbons (Fsp3) is 0.333. The molecule has 0 spiro atoms.